The van der Waals surface area contributed by atoms with Crippen molar-refractivity contribution >= 4 is 27.8 Å². The zero-order chi connectivity index (χ0) is 18.3. The Morgan fingerprint density at radius 3 is 2.85 bits per heavy atom. The summed E-state index contributed by atoms with van der Waals surface area (Å²) in [7, 11) is 1.72. The van der Waals surface area contributed by atoms with E-state index < -0.39 is 5.91 Å². The molecule has 2 aromatic heterocycles. The first-order valence-corrected chi connectivity index (χ1v) is 8.22. The summed E-state index contributed by atoms with van der Waals surface area (Å²) in [5.41, 5.74) is 2.87. The molecule has 26 heavy (non-hydrogen) atoms. The summed E-state index contributed by atoms with van der Waals surface area (Å²) in [6.07, 6.45) is 0. The molecule has 7 nitrogen and oxygen atoms in total. The largest absolute Gasteiger partial charge is 0.343 e. The predicted molar refractivity (Wildman–Crippen MR) is 99.0 cm³/mol. The Morgan fingerprint density at radius 2 is 2.04 bits per heavy atom. The van der Waals surface area contributed by atoms with Gasteiger partial charge in [0, 0.05) is 7.05 Å². The average molecular weight is 347 g/mol. The van der Waals surface area contributed by atoms with Crippen LogP contribution >= 0.6 is 0 Å². The highest BCUT2D eigenvalue weighted by Gasteiger charge is 2.17. The van der Waals surface area contributed by atoms with Crippen molar-refractivity contribution in [3.8, 4) is 0 Å². The summed E-state index contributed by atoms with van der Waals surface area (Å²) in [6, 6.07) is 13.1. The number of imidazole rings is 1. The minimum absolute atomic E-state index is 0.123. The van der Waals surface area contributed by atoms with Gasteiger partial charge in [-0.3, -0.25) is 14.3 Å². The molecule has 4 aromatic rings. The number of hydrogen-bond acceptors (Lipinski definition) is 4. The molecule has 0 aliphatic heterocycles. The fourth-order valence-electron chi connectivity index (χ4n) is 2.98. The normalized spacial score (nSPS) is 11.2. The number of aromatic amines is 1. The van der Waals surface area contributed by atoms with E-state index in [0.717, 1.165) is 16.6 Å². The van der Waals surface area contributed by atoms with Crippen LogP contribution in [0.2, 0.25) is 0 Å². The number of rotatable bonds is 3. The molecule has 2 aromatic carbocycles. The van der Waals surface area contributed by atoms with E-state index in [4.69, 9.17) is 0 Å². The lowest BCUT2D eigenvalue weighted by Gasteiger charge is -2.08. The molecule has 0 saturated carbocycles. The van der Waals surface area contributed by atoms with Crippen LogP contribution < -0.4 is 10.7 Å². The van der Waals surface area contributed by atoms with E-state index in [9.17, 15) is 9.59 Å². The Hall–Kier alpha value is -3.48. The van der Waals surface area contributed by atoms with Crippen molar-refractivity contribution < 1.29 is 4.79 Å². The number of hydrogen-bond donors (Lipinski definition) is 2. The van der Waals surface area contributed by atoms with Gasteiger partial charge in [0.15, 0.2) is 5.69 Å². The van der Waals surface area contributed by atoms with Crippen molar-refractivity contribution in [3.05, 3.63) is 69.8 Å². The molecule has 0 aliphatic carbocycles. The van der Waals surface area contributed by atoms with E-state index >= 15 is 0 Å². The molecular weight excluding hydrogens is 330 g/mol. The van der Waals surface area contributed by atoms with E-state index in [0.29, 0.717) is 16.7 Å². The molecule has 2 N–H and O–H groups in total. The maximum atomic E-state index is 12.7. The SMILES string of the molecule is Cc1ccc2c(c1)c(=O)c(C(=O)NCc1nc3ccccc3[nH]1)nn2C. The number of H-pyrrole nitrogens is 1. The van der Waals surface area contributed by atoms with E-state index in [1.807, 2.05) is 43.3 Å². The van der Waals surface area contributed by atoms with Gasteiger partial charge < -0.3 is 10.3 Å². The van der Waals surface area contributed by atoms with Crippen LogP contribution in [0, 0.1) is 6.92 Å². The van der Waals surface area contributed by atoms with Gasteiger partial charge in [-0.05, 0) is 31.2 Å². The molecule has 4 rings (SSSR count). The Labute approximate surface area is 148 Å². The summed E-state index contributed by atoms with van der Waals surface area (Å²) in [4.78, 5) is 32.7. The van der Waals surface area contributed by atoms with Crippen molar-refractivity contribution in [1.82, 2.24) is 25.1 Å². The molecule has 0 aliphatic rings. The number of carbonyl (C=O) groups is 1. The smallest absolute Gasteiger partial charge is 0.276 e. The molecule has 2 heterocycles. The van der Waals surface area contributed by atoms with Crippen molar-refractivity contribution in [2.24, 2.45) is 7.05 Å². The third-order valence-corrected chi connectivity index (χ3v) is 4.28. The molecule has 0 unspecified atom stereocenters. The van der Waals surface area contributed by atoms with Gasteiger partial charge in [-0.2, -0.15) is 5.10 Å². The van der Waals surface area contributed by atoms with Crippen molar-refractivity contribution in [2.45, 2.75) is 13.5 Å². The zero-order valence-electron chi connectivity index (χ0n) is 14.4. The van der Waals surface area contributed by atoms with Crippen LogP contribution in [-0.2, 0) is 13.6 Å². The minimum atomic E-state index is -0.519. The first-order chi connectivity index (χ1) is 12.5. The van der Waals surface area contributed by atoms with Crippen LogP contribution in [0.5, 0.6) is 0 Å². The lowest BCUT2D eigenvalue weighted by atomic mass is 10.1. The number of carbonyl (C=O) groups excluding carboxylic acids is 1. The minimum Gasteiger partial charge on any atom is -0.343 e. The summed E-state index contributed by atoms with van der Waals surface area (Å²) in [6.45, 7) is 2.09. The number of nitrogens with one attached hydrogen (secondary N) is 2. The summed E-state index contributed by atoms with van der Waals surface area (Å²) in [5, 5.41) is 7.34. The van der Waals surface area contributed by atoms with E-state index in [1.165, 1.54) is 0 Å². The van der Waals surface area contributed by atoms with Crippen molar-refractivity contribution in [3.63, 3.8) is 0 Å². The molecule has 1 amide bonds. The van der Waals surface area contributed by atoms with E-state index in [1.54, 1.807) is 17.8 Å². The average Bonchev–Trinajstić information content (AvgIpc) is 3.05. The van der Waals surface area contributed by atoms with Crippen LogP contribution in [0.15, 0.2) is 47.3 Å². The number of aryl methyl sites for hydroxylation is 2. The topological polar surface area (TPSA) is 92.7 Å². The molecule has 0 fully saturated rings. The van der Waals surface area contributed by atoms with E-state index in [-0.39, 0.29) is 17.7 Å². The van der Waals surface area contributed by atoms with Gasteiger partial charge in [0.1, 0.15) is 5.82 Å². The number of para-hydroxylation sites is 2. The number of benzene rings is 2. The summed E-state index contributed by atoms with van der Waals surface area (Å²) in [5.74, 6) is 0.0995. The van der Waals surface area contributed by atoms with Crippen molar-refractivity contribution in [1.29, 1.82) is 0 Å². The highest BCUT2D eigenvalue weighted by Crippen LogP contribution is 2.12. The molecule has 0 atom stereocenters. The molecule has 7 heteroatoms. The van der Waals surface area contributed by atoms with Crippen LogP contribution in [0.3, 0.4) is 0 Å². The molecule has 0 bridgehead atoms. The Morgan fingerprint density at radius 1 is 1.23 bits per heavy atom. The number of amides is 1. The van der Waals surface area contributed by atoms with Gasteiger partial charge in [0.2, 0.25) is 5.43 Å². The molecule has 0 radical (unpaired) electrons. The van der Waals surface area contributed by atoms with Gasteiger partial charge in [-0.1, -0.05) is 23.8 Å². The fourth-order valence-corrected chi connectivity index (χ4v) is 2.98. The Balaban J connectivity index is 1.63. The monoisotopic (exact) mass is 347 g/mol. The third-order valence-electron chi connectivity index (χ3n) is 4.28. The second kappa shape index (κ2) is 6.11. The Bertz CT molecular complexity index is 1170. The fraction of sp³-hybridized carbons (Fsp3) is 0.158. The second-order valence-electron chi connectivity index (χ2n) is 6.21. The van der Waals surface area contributed by atoms with E-state index in [2.05, 4.69) is 20.4 Å². The standard InChI is InChI=1S/C19H17N5O2/c1-11-7-8-15-12(9-11)18(25)17(23-24(15)2)19(26)20-10-16-21-13-5-3-4-6-14(13)22-16/h3-9H,10H2,1-2H3,(H,20,26)(H,21,22). The molecule has 0 spiro atoms. The Kier molecular flexibility index (Phi) is 3.76. The number of aromatic nitrogens is 4. The lowest BCUT2D eigenvalue weighted by Crippen LogP contribution is -2.31. The van der Waals surface area contributed by atoms with Crippen LogP contribution in [0.1, 0.15) is 21.9 Å². The van der Waals surface area contributed by atoms with Gasteiger partial charge in [0.25, 0.3) is 5.91 Å². The summed E-state index contributed by atoms with van der Waals surface area (Å²) < 4.78 is 1.55. The maximum absolute atomic E-state index is 12.7. The molecule has 130 valence electrons. The van der Waals surface area contributed by atoms with Gasteiger partial charge >= 0.3 is 0 Å². The molecular formula is C19H17N5O2. The van der Waals surface area contributed by atoms with Gasteiger partial charge in [-0.25, -0.2) is 4.98 Å². The number of fused-ring (bicyclic) bond motifs is 2. The molecule has 0 saturated heterocycles. The first-order valence-electron chi connectivity index (χ1n) is 8.22. The van der Waals surface area contributed by atoms with Gasteiger partial charge in [0.05, 0.1) is 28.5 Å². The third kappa shape index (κ3) is 2.73. The highest BCUT2D eigenvalue weighted by molar-refractivity contribution is 5.95. The zero-order valence-corrected chi connectivity index (χ0v) is 14.4. The number of nitrogens with zero attached hydrogens (tertiary/aromatic N) is 3. The lowest BCUT2D eigenvalue weighted by molar-refractivity contribution is 0.0942. The first kappa shape index (κ1) is 16.0. The van der Waals surface area contributed by atoms with Crippen LogP contribution in [-0.4, -0.2) is 25.7 Å². The van der Waals surface area contributed by atoms with Crippen molar-refractivity contribution in [2.75, 3.05) is 0 Å². The van der Waals surface area contributed by atoms with Crippen LogP contribution in [0.25, 0.3) is 21.9 Å². The predicted octanol–water partition coefficient (Wildman–Crippen LogP) is 2.05. The van der Waals surface area contributed by atoms with Crippen LogP contribution in [0.4, 0.5) is 0 Å². The highest BCUT2D eigenvalue weighted by atomic mass is 16.2. The quantitative estimate of drug-likeness (QED) is 0.593. The summed E-state index contributed by atoms with van der Waals surface area (Å²) >= 11 is 0. The second-order valence-corrected chi connectivity index (χ2v) is 6.21. The maximum Gasteiger partial charge on any atom is 0.276 e. The van der Waals surface area contributed by atoms with Gasteiger partial charge in [-0.15, -0.1) is 0 Å².